The lowest BCUT2D eigenvalue weighted by atomic mass is 9.95. The average molecular weight is 286 g/mol. The van der Waals surface area contributed by atoms with Gasteiger partial charge in [0.2, 0.25) is 0 Å². The minimum atomic E-state index is -4.52. The van der Waals surface area contributed by atoms with Crippen LogP contribution in [-0.2, 0) is 6.18 Å². The van der Waals surface area contributed by atoms with Crippen molar-refractivity contribution < 1.29 is 22.7 Å². The molecule has 0 saturated heterocycles. The second kappa shape index (κ2) is 5.46. The zero-order chi connectivity index (χ0) is 14.9. The Hall–Kier alpha value is -1.52. The van der Waals surface area contributed by atoms with Crippen LogP contribution >= 0.6 is 0 Å². The van der Waals surface area contributed by atoms with Crippen molar-refractivity contribution in [3.8, 4) is 5.75 Å². The maximum Gasteiger partial charge on any atom is 0.419 e. The molecule has 0 N–H and O–H groups in total. The molecule has 1 fully saturated rings. The Balaban J connectivity index is 2.35. The molecule has 0 spiro atoms. The molecule has 1 aromatic carbocycles. The Bertz CT molecular complexity index is 504. The second-order valence-corrected chi connectivity index (χ2v) is 5.20. The summed E-state index contributed by atoms with van der Waals surface area (Å²) in [5.41, 5.74) is -0.770. The van der Waals surface area contributed by atoms with Crippen LogP contribution in [0.5, 0.6) is 5.75 Å². The van der Waals surface area contributed by atoms with Gasteiger partial charge in [-0.2, -0.15) is 13.2 Å². The summed E-state index contributed by atoms with van der Waals surface area (Å²) in [5, 5.41) is 0. The first kappa shape index (κ1) is 14.9. The third kappa shape index (κ3) is 3.32. The molecule has 0 aliphatic heterocycles. The molecule has 110 valence electrons. The van der Waals surface area contributed by atoms with E-state index in [9.17, 15) is 18.0 Å². The molecule has 0 aromatic heterocycles. The number of ketones is 1. The SMILES string of the molecule is CC[C@@H](C)C(=O)c1ccc(OC2CC2)c(C(F)(F)F)c1. The van der Waals surface area contributed by atoms with Crippen molar-refractivity contribution >= 4 is 5.78 Å². The predicted octanol–water partition coefficient (Wildman–Crippen LogP) is 4.48. The highest BCUT2D eigenvalue weighted by Crippen LogP contribution is 2.39. The summed E-state index contributed by atoms with van der Waals surface area (Å²) >= 11 is 0. The number of rotatable bonds is 5. The van der Waals surface area contributed by atoms with Crippen LogP contribution in [0.3, 0.4) is 0 Å². The molecule has 1 saturated carbocycles. The summed E-state index contributed by atoms with van der Waals surface area (Å²) in [6.45, 7) is 3.54. The molecule has 20 heavy (non-hydrogen) atoms. The van der Waals surface area contributed by atoms with Crippen LogP contribution in [0.25, 0.3) is 0 Å². The Morgan fingerprint density at radius 1 is 1.40 bits per heavy atom. The first-order valence-corrected chi connectivity index (χ1v) is 6.75. The maximum absolute atomic E-state index is 13.1. The van der Waals surface area contributed by atoms with E-state index in [-0.39, 0.29) is 29.1 Å². The number of hydrogen-bond donors (Lipinski definition) is 0. The molecule has 2 rings (SSSR count). The van der Waals surface area contributed by atoms with Gasteiger partial charge in [0.05, 0.1) is 11.7 Å². The van der Waals surface area contributed by atoms with Gasteiger partial charge in [0.1, 0.15) is 5.75 Å². The Morgan fingerprint density at radius 3 is 2.55 bits per heavy atom. The lowest BCUT2D eigenvalue weighted by Gasteiger charge is -2.16. The molecule has 5 heteroatoms. The molecule has 1 aromatic rings. The summed E-state index contributed by atoms with van der Waals surface area (Å²) < 4.78 is 44.4. The number of ether oxygens (including phenoxy) is 1. The third-order valence-corrected chi connectivity index (χ3v) is 3.45. The van der Waals surface area contributed by atoms with Crippen LogP contribution in [0.15, 0.2) is 18.2 Å². The van der Waals surface area contributed by atoms with Gasteiger partial charge in [-0.05, 0) is 37.5 Å². The van der Waals surface area contributed by atoms with Crippen LogP contribution in [0.4, 0.5) is 13.2 Å². The number of carbonyl (C=O) groups excluding carboxylic acids is 1. The molecular formula is C15H17F3O2. The standard InChI is InChI=1S/C15H17F3O2/c1-3-9(2)14(19)10-4-7-13(20-11-5-6-11)12(8-10)15(16,17)18/h4,7-9,11H,3,5-6H2,1-2H3/t9-/m1/s1. The van der Waals surface area contributed by atoms with Crippen LogP contribution in [0.2, 0.25) is 0 Å². The summed E-state index contributed by atoms with van der Waals surface area (Å²) in [6, 6.07) is 3.59. The molecule has 0 bridgehead atoms. The van der Waals surface area contributed by atoms with Crippen molar-refractivity contribution in [1.29, 1.82) is 0 Å². The minimum Gasteiger partial charge on any atom is -0.490 e. The average Bonchev–Trinajstić information content (AvgIpc) is 3.20. The van der Waals surface area contributed by atoms with Gasteiger partial charge in [-0.15, -0.1) is 0 Å². The zero-order valence-electron chi connectivity index (χ0n) is 11.5. The van der Waals surface area contributed by atoms with Gasteiger partial charge in [0.15, 0.2) is 5.78 Å². The molecule has 2 nitrogen and oxygen atoms in total. The Kier molecular flexibility index (Phi) is 4.06. The highest BCUT2D eigenvalue weighted by molar-refractivity contribution is 5.98. The number of halogens is 3. The van der Waals surface area contributed by atoms with Gasteiger partial charge < -0.3 is 4.74 Å². The van der Waals surface area contributed by atoms with Crippen LogP contribution in [-0.4, -0.2) is 11.9 Å². The lowest BCUT2D eigenvalue weighted by Crippen LogP contribution is -2.14. The van der Waals surface area contributed by atoms with Crippen molar-refractivity contribution in [3.63, 3.8) is 0 Å². The predicted molar refractivity (Wildman–Crippen MR) is 68.9 cm³/mol. The molecule has 1 aliphatic carbocycles. The lowest BCUT2D eigenvalue weighted by molar-refractivity contribution is -0.139. The van der Waals surface area contributed by atoms with E-state index < -0.39 is 11.7 Å². The van der Waals surface area contributed by atoms with E-state index in [0.717, 1.165) is 18.9 Å². The molecule has 0 unspecified atom stereocenters. The van der Waals surface area contributed by atoms with Crippen LogP contribution in [0, 0.1) is 5.92 Å². The number of hydrogen-bond acceptors (Lipinski definition) is 2. The number of Topliss-reactive ketones (excluding diaryl/α,β-unsaturated/α-hetero) is 1. The third-order valence-electron chi connectivity index (χ3n) is 3.45. The van der Waals surface area contributed by atoms with Crippen LogP contribution < -0.4 is 4.74 Å². The molecular weight excluding hydrogens is 269 g/mol. The van der Waals surface area contributed by atoms with E-state index in [0.29, 0.717) is 6.42 Å². The van der Waals surface area contributed by atoms with E-state index >= 15 is 0 Å². The normalized spacial score (nSPS) is 16.9. The van der Waals surface area contributed by atoms with Gasteiger partial charge >= 0.3 is 6.18 Å². The first-order valence-electron chi connectivity index (χ1n) is 6.75. The smallest absolute Gasteiger partial charge is 0.419 e. The monoisotopic (exact) mass is 286 g/mol. The fraction of sp³-hybridized carbons (Fsp3) is 0.533. The fourth-order valence-electron chi connectivity index (χ4n) is 1.84. The molecule has 0 heterocycles. The summed E-state index contributed by atoms with van der Waals surface area (Å²) in [6.07, 6.45) is -2.47. The molecule has 1 aliphatic rings. The molecule has 0 radical (unpaired) electrons. The topological polar surface area (TPSA) is 26.3 Å². The molecule has 1 atom stereocenters. The summed E-state index contributed by atoms with van der Waals surface area (Å²) in [7, 11) is 0. The van der Waals surface area contributed by atoms with Gasteiger partial charge in [-0.1, -0.05) is 13.8 Å². The largest absolute Gasteiger partial charge is 0.490 e. The van der Waals surface area contributed by atoms with E-state index in [2.05, 4.69) is 0 Å². The quantitative estimate of drug-likeness (QED) is 0.746. The first-order chi connectivity index (χ1) is 9.32. The molecule has 0 amide bonds. The maximum atomic E-state index is 13.1. The zero-order valence-corrected chi connectivity index (χ0v) is 11.5. The number of benzene rings is 1. The fourth-order valence-corrected chi connectivity index (χ4v) is 1.84. The van der Waals surface area contributed by atoms with Crippen molar-refractivity contribution in [1.82, 2.24) is 0 Å². The van der Waals surface area contributed by atoms with Gasteiger partial charge in [-0.25, -0.2) is 0 Å². The van der Waals surface area contributed by atoms with E-state index in [1.54, 1.807) is 6.92 Å². The highest BCUT2D eigenvalue weighted by Gasteiger charge is 2.37. The van der Waals surface area contributed by atoms with Crippen molar-refractivity contribution in [2.45, 2.75) is 45.4 Å². The van der Waals surface area contributed by atoms with Crippen molar-refractivity contribution in [2.24, 2.45) is 5.92 Å². The van der Waals surface area contributed by atoms with Crippen molar-refractivity contribution in [2.75, 3.05) is 0 Å². The Labute approximate surface area is 115 Å². The van der Waals surface area contributed by atoms with E-state index in [1.807, 2.05) is 6.92 Å². The second-order valence-electron chi connectivity index (χ2n) is 5.20. The summed E-state index contributed by atoms with van der Waals surface area (Å²) in [5.74, 6) is -0.733. The van der Waals surface area contributed by atoms with E-state index in [4.69, 9.17) is 4.74 Å². The van der Waals surface area contributed by atoms with Gasteiger partial charge in [0, 0.05) is 11.5 Å². The van der Waals surface area contributed by atoms with Crippen molar-refractivity contribution in [3.05, 3.63) is 29.3 Å². The van der Waals surface area contributed by atoms with Gasteiger partial charge in [-0.3, -0.25) is 4.79 Å². The summed E-state index contributed by atoms with van der Waals surface area (Å²) in [4.78, 5) is 12.0. The van der Waals surface area contributed by atoms with Gasteiger partial charge in [0.25, 0.3) is 0 Å². The number of alkyl halides is 3. The minimum absolute atomic E-state index is 0.0924. The highest BCUT2D eigenvalue weighted by atomic mass is 19.4. The van der Waals surface area contributed by atoms with E-state index in [1.165, 1.54) is 12.1 Å². The number of carbonyl (C=O) groups is 1. The Morgan fingerprint density at radius 2 is 2.05 bits per heavy atom. The van der Waals surface area contributed by atoms with Crippen LogP contribution in [0.1, 0.15) is 49.0 Å².